The van der Waals surface area contributed by atoms with Crippen LogP contribution in [0.3, 0.4) is 0 Å². The summed E-state index contributed by atoms with van der Waals surface area (Å²) in [5.74, 6) is -0.191. The van der Waals surface area contributed by atoms with Gasteiger partial charge in [-0.05, 0) is 23.2 Å². The van der Waals surface area contributed by atoms with Crippen molar-refractivity contribution < 1.29 is 19.4 Å². The second-order valence-electron chi connectivity index (χ2n) is 5.04. The molecule has 1 atom stereocenters. The molecule has 7 heteroatoms. The lowest BCUT2D eigenvalue weighted by molar-refractivity contribution is -0.384. The van der Waals surface area contributed by atoms with Crippen molar-refractivity contribution in [2.45, 2.75) is 12.5 Å². The van der Waals surface area contributed by atoms with Crippen molar-refractivity contribution >= 4 is 24.1 Å². The molecule has 1 heterocycles. The van der Waals surface area contributed by atoms with E-state index < -0.39 is 18.1 Å². The molecule has 1 aliphatic heterocycles. The minimum Gasteiger partial charge on any atom is -0.423 e. The standard InChI is InChI=1S/C15H12BNO5/c18-14(10-5-7-11(8-6-10)17(20)21)9-15-12-3-1-2-4-13(12)16(19)22-15/h1-8,15,19H,9H2. The first-order valence-electron chi connectivity index (χ1n) is 6.76. The first kappa shape index (κ1) is 14.4. The summed E-state index contributed by atoms with van der Waals surface area (Å²) in [6, 6.07) is 12.7. The van der Waals surface area contributed by atoms with Crippen molar-refractivity contribution in [3.63, 3.8) is 0 Å². The van der Waals surface area contributed by atoms with E-state index >= 15 is 0 Å². The summed E-state index contributed by atoms with van der Waals surface area (Å²) >= 11 is 0. The second kappa shape index (κ2) is 5.71. The average Bonchev–Trinajstić information content (AvgIpc) is 2.84. The number of carbonyl (C=O) groups excluding carboxylic acids is 1. The zero-order valence-corrected chi connectivity index (χ0v) is 11.5. The summed E-state index contributed by atoms with van der Waals surface area (Å²) in [6.07, 6.45) is -0.430. The Bertz CT molecular complexity index is 731. The number of nitro benzene ring substituents is 1. The highest BCUT2D eigenvalue weighted by Gasteiger charge is 2.35. The van der Waals surface area contributed by atoms with E-state index in [1.165, 1.54) is 24.3 Å². The number of nitrogens with zero attached hydrogens (tertiary/aromatic N) is 1. The van der Waals surface area contributed by atoms with E-state index in [0.717, 1.165) is 5.56 Å². The Morgan fingerprint density at radius 1 is 1.23 bits per heavy atom. The van der Waals surface area contributed by atoms with Gasteiger partial charge >= 0.3 is 7.12 Å². The van der Waals surface area contributed by atoms with Crippen LogP contribution in [0.1, 0.15) is 28.4 Å². The molecule has 0 aliphatic carbocycles. The molecule has 0 saturated carbocycles. The molecule has 0 saturated heterocycles. The topological polar surface area (TPSA) is 89.7 Å². The van der Waals surface area contributed by atoms with Crippen LogP contribution in [-0.4, -0.2) is 22.8 Å². The summed E-state index contributed by atoms with van der Waals surface area (Å²) < 4.78 is 5.41. The molecule has 0 bridgehead atoms. The Hall–Kier alpha value is -2.51. The SMILES string of the molecule is O=C(CC1OB(O)c2ccccc21)c1ccc([N+](=O)[O-])cc1. The fraction of sp³-hybridized carbons (Fsp3) is 0.133. The van der Waals surface area contributed by atoms with Crippen molar-refractivity contribution in [1.82, 2.24) is 0 Å². The molecule has 22 heavy (non-hydrogen) atoms. The van der Waals surface area contributed by atoms with Crippen molar-refractivity contribution in [2.24, 2.45) is 0 Å². The van der Waals surface area contributed by atoms with E-state index in [1.807, 2.05) is 12.1 Å². The summed E-state index contributed by atoms with van der Waals surface area (Å²) in [6.45, 7) is 0. The van der Waals surface area contributed by atoms with Crippen molar-refractivity contribution in [1.29, 1.82) is 0 Å². The number of fused-ring (bicyclic) bond motifs is 1. The molecule has 0 spiro atoms. The van der Waals surface area contributed by atoms with E-state index in [0.29, 0.717) is 11.0 Å². The Morgan fingerprint density at radius 3 is 2.59 bits per heavy atom. The summed E-state index contributed by atoms with van der Waals surface area (Å²) in [5, 5.41) is 20.4. The number of hydrogen-bond acceptors (Lipinski definition) is 5. The minimum atomic E-state index is -1.02. The van der Waals surface area contributed by atoms with Crippen molar-refractivity contribution in [3.8, 4) is 0 Å². The van der Waals surface area contributed by atoms with Crippen LogP contribution in [0.2, 0.25) is 0 Å². The van der Waals surface area contributed by atoms with Crippen LogP contribution >= 0.6 is 0 Å². The van der Waals surface area contributed by atoms with E-state index in [1.54, 1.807) is 12.1 Å². The first-order chi connectivity index (χ1) is 10.6. The number of rotatable bonds is 4. The van der Waals surface area contributed by atoms with E-state index in [4.69, 9.17) is 4.65 Å². The van der Waals surface area contributed by atoms with Gasteiger partial charge in [0.05, 0.1) is 11.0 Å². The Labute approximate surface area is 126 Å². The van der Waals surface area contributed by atoms with Gasteiger partial charge in [-0.3, -0.25) is 14.9 Å². The molecule has 2 aromatic rings. The maximum atomic E-state index is 12.3. The molecule has 1 aliphatic rings. The van der Waals surface area contributed by atoms with Gasteiger partial charge in [-0.15, -0.1) is 0 Å². The molecule has 0 aromatic heterocycles. The van der Waals surface area contributed by atoms with Gasteiger partial charge in [-0.25, -0.2) is 0 Å². The van der Waals surface area contributed by atoms with Gasteiger partial charge in [0.1, 0.15) is 0 Å². The predicted octanol–water partition coefficient (Wildman–Crippen LogP) is 1.63. The number of hydrogen-bond donors (Lipinski definition) is 1. The molecule has 0 amide bonds. The smallest absolute Gasteiger partial charge is 0.423 e. The van der Waals surface area contributed by atoms with Crippen LogP contribution in [0.15, 0.2) is 48.5 Å². The van der Waals surface area contributed by atoms with E-state index in [9.17, 15) is 19.9 Å². The monoisotopic (exact) mass is 297 g/mol. The average molecular weight is 297 g/mol. The quantitative estimate of drug-likeness (QED) is 0.401. The molecular weight excluding hydrogens is 285 g/mol. The fourth-order valence-electron chi connectivity index (χ4n) is 2.54. The summed E-state index contributed by atoms with van der Waals surface area (Å²) in [4.78, 5) is 22.4. The Kier molecular flexibility index (Phi) is 3.74. The van der Waals surface area contributed by atoms with Gasteiger partial charge < -0.3 is 9.68 Å². The van der Waals surface area contributed by atoms with Gasteiger partial charge in [-0.2, -0.15) is 0 Å². The molecular formula is C15H12BNO5. The number of Topliss-reactive ketones (excluding diaryl/α,β-unsaturated/α-hetero) is 1. The van der Waals surface area contributed by atoms with Crippen LogP contribution in [0.25, 0.3) is 0 Å². The molecule has 2 aromatic carbocycles. The van der Waals surface area contributed by atoms with Crippen LogP contribution in [0, 0.1) is 10.1 Å². The number of benzene rings is 2. The minimum absolute atomic E-state index is 0.0607. The molecule has 0 radical (unpaired) electrons. The third-order valence-electron chi connectivity index (χ3n) is 3.67. The lowest BCUT2D eigenvalue weighted by Gasteiger charge is -2.11. The molecule has 110 valence electrons. The highest BCUT2D eigenvalue weighted by molar-refractivity contribution is 6.61. The van der Waals surface area contributed by atoms with Crippen LogP contribution in [-0.2, 0) is 4.65 Å². The van der Waals surface area contributed by atoms with E-state index in [-0.39, 0.29) is 17.9 Å². The molecule has 6 nitrogen and oxygen atoms in total. The van der Waals surface area contributed by atoms with Crippen LogP contribution < -0.4 is 5.46 Å². The summed E-state index contributed by atoms with van der Waals surface area (Å²) in [5.41, 5.74) is 1.79. The van der Waals surface area contributed by atoms with Gasteiger partial charge in [-0.1, -0.05) is 24.3 Å². The Morgan fingerprint density at radius 2 is 1.91 bits per heavy atom. The zero-order chi connectivity index (χ0) is 15.7. The fourth-order valence-corrected chi connectivity index (χ4v) is 2.54. The molecule has 3 rings (SSSR count). The van der Waals surface area contributed by atoms with Crippen molar-refractivity contribution in [3.05, 3.63) is 69.8 Å². The largest absolute Gasteiger partial charge is 0.491 e. The van der Waals surface area contributed by atoms with Gasteiger partial charge in [0, 0.05) is 24.1 Å². The van der Waals surface area contributed by atoms with Crippen LogP contribution in [0.4, 0.5) is 5.69 Å². The number of ketones is 1. The highest BCUT2D eigenvalue weighted by Crippen LogP contribution is 2.28. The predicted molar refractivity (Wildman–Crippen MR) is 79.9 cm³/mol. The third-order valence-corrected chi connectivity index (χ3v) is 3.67. The van der Waals surface area contributed by atoms with Crippen molar-refractivity contribution in [2.75, 3.05) is 0 Å². The molecule has 0 fully saturated rings. The lowest BCUT2D eigenvalue weighted by Crippen LogP contribution is -2.27. The molecule has 1 unspecified atom stereocenters. The lowest BCUT2D eigenvalue weighted by atomic mass is 9.79. The highest BCUT2D eigenvalue weighted by atomic mass is 16.6. The van der Waals surface area contributed by atoms with E-state index in [2.05, 4.69) is 0 Å². The molecule has 1 N–H and O–H groups in total. The number of carbonyl (C=O) groups is 1. The second-order valence-corrected chi connectivity index (χ2v) is 5.04. The van der Waals surface area contributed by atoms with Crippen LogP contribution in [0.5, 0.6) is 0 Å². The zero-order valence-electron chi connectivity index (χ0n) is 11.5. The van der Waals surface area contributed by atoms with Gasteiger partial charge in [0.15, 0.2) is 5.78 Å². The number of non-ortho nitro benzene ring substituents is 1. The Balaban J connectivity index is 1.76. The third kappa shape index (κ3) is 2.64. The maximum absolute atomic E-state index is 12.3. The van der Waals surface area contributed by atoms with Gasteiger partial charge in [0.2, 0.25) is 0 Å². The first-order valence-corrected chi connectivity index (χ1v) is 6.76. The number of nitro groups is 1. The van der Waals surface area contributed by atoms with Gasteiger partial charge in [0.25, 0.3) is 5.69 Å². The summed E-state index contributed by atoms with van der Waals surface area (Å²) in [7, 11) is -1.02. The maximum Gasteiger partial charge on any atom is 0.491 e. The normalized spacial score (nSPS) is 16.4.